The molecule has 0 amide bonds. The molecule has 0 aliphatic carbocycles. The number of benzene rings is 2. The van der Waals surface area contributed by atoms with Gasteiger partial charge in [-0.1, -0.05) is 61.9 Å². The fourth-order valence-electron chi connectivity index (χ4n) is 3.01. The molecule has 0 spiro atoms. The van der Waals surface area contributed by atoms with Gasteiger partial charge in [0, 0.05) is 25.1 Å². The fraction of sp³-hybridized carbons (Fsp3) is 0.381. The summed E-state index contributed by atoms with van der Waals surface area (Å²) in [5.41, 5.74) is 3.47. The fourth-order valence-corrected chi connectivity index (χ4v) is 3.01. The Kier molecular flexibility index (Phi) is 6.02. The summed E-state index contributed by atoms with van der Waals surface area (Å²) in [6.45, 7) is 5.71. The van der Waals surface area contributed by atoms with E-state index in [1.165, 1.54) is 29.8 Å². The van der Waals surface area contributed by atoms with E-state index in [1.54, 1.807) is 0 Å². The summed E-state index contributed by atoms with van der Waals surface area (Å²) in [5, 5.41) is 0. The van der Waals surface area contributed by atoms with Gasteiger partial charge in [-0.15, -0.1) is 0 Å². The van der Waals surface area contributed by atoms with Crippen molar-refractivity contribution in [3.05, 3.63) is 54.6 Å². The Balaban J connectivity index is 1.94. The normalized spacial score (nSPS) is 15.5. The molecule has 0 aromatic heterocycles. The van der Waals surface area contributed by atoms with Gasteiger partial charge in [0.15, 0.2) is 0 Å². The van der Waals surface area contributed by atoms with Crippen LogP contribution < -0.4 is 0 Å². The van der Waals surface area contributed by atoms with Gasteiger partial charge < -0.3 is 9.64 Å². The first-order chi connectivity index (χ1) is 11.9. The molecule has 0 atom stereocenters. The number of aliphatic imine (C=N–C) groups is 1. The van der Waals surface area contributed by atoms with Crippen molar-refractivity contribution >= 4 is 11.5 Å². The molecule has 1 aliphatic heterocycles. The minimum absolute atomic E-state index is 0.797. The van der Waals surface area contributed by atoms with Gasteiger partial charge in [-0.25, -0.2) is 4.99 Å². The highest BCUT2D eigenvalue weighted by Crippen LogP contribution is 2.30. The van der Waals surface area contributed by atoms with Crippen LogP contribution in [0.1, 0.15) is 26.2 Å². The molecule has 1 saturated heterocycles. The van der Waals surface area contributed by atoms with Crippen LogP contribution in [0.15, 0.2) is 59.6 Å². The second kappa shape index (κ2) is 8.65. The molecule has 0 radical (unpaired) electrons. The molecule has 3 nitrogen and oxygen atoms in total. The Morgan fingerprint density at radius 3 is 2.46 bits per heavy atom. The van der Waals surface area contributed by atoms with Crippen molar-refractivity contribution in [3.63, 3.8) is 0 Å². The molecule has 3 heteroatoms. The van der Waals surface area contributed by atoms with Gasteiger partial charge in [-0.2, -0.15) is 0 Å². The zero-order valence-corrected chi connectivity index (χ0v) is 14.4. The highest BCUT2D eigenvalue weighted by Gasteiger charge is 2.15. The van der Waals surface area contributed by atoms with E-state index in [4.69, 9.17) is 9.73 Å². The number of rotatable bonds is 5. The topological polar surface area (TPSA) is 24.8 Å². The molecule has 126 valence electrons. The number of para-hydroxylation sites is 1. The van der Waals surface area contributed by atoms with E-state index in [9.17, 15) is 0 Å². The van der Waals surface area contributed by atoms with Crippen molar-refractivity contribution in [1.29, 1.82) is 0 Å². The van der Waals surface area contributed by atoms with E-state index in [-0.39, 0.29) is 0 Å². The number of amidine groups is 1. The number of unbranched alkanes of at least 4 members (excludes halogenated alkanes) is 1. The molecule has 0 N–H and O–H groups in total. The second-order valence-electron chi connectivity index (χ2n) is 6.11. The molecule has 2 aromatic rings. The van der Waals surface area contributed by atoms with Gasteiger partial charge in [-0.05, 0) is 18.1 Å². The third-order valence-corrected chi connectivity index (χ3v) is 4.37. The molecule has 1 heterocycles. The lowest BCUT2D eigenvalue weighted by molar-refractivity contribution is 0.0671. The van der Waals surface area contributed by atoms with Crippen molar-refractivity contribution in [2.24, 2.45) is 4.99 Å². The van der Waals surface area contributed by atoms with Crippen LogP contribution in [0.3, 0.4) is 0 Å². The van der Waals surface area contributed by atoms with Crippen LogP contribution in [0.5, 0.6) is 0 Å². The molecule has 1 aliphatic rings. The summed E-state index contributed by atoms with van der Waals surface area (Å²) in [4.78, 5) is 7.47. The third kappa shape index (κ3) is 4.24. The maximum absolute atomic E-state index is 5.50. The summed E-state index contributed by atoms with van der Waals surface area (Å²) in [7, 11) is 0. The smallest absolute Gasteiger partial charge is 0.105 e. The van der Waals surface area contributed by atoms with Crippen LogP contribution in [0.25, 0.3) is 11.1 Å². The van der Waals surface area contributed by atoms with Crippen LogP contribution in [-0.4, -0.2) is 37.0 Å². The monoisotopic (exact) mass is 322 g/mol. The molecular weight excluding hydrogens is 296 g/mol. The average molecular weight is 322 g/mol. The second-order valence-corrected chi connectivity index (χ2v) is 6.11. The summed E-state index contributed by atoms with van der Waals surface area (Å²) < 4.78 is 5.50. The van der Waals surface area contributed by atoms with Gasteiger partial charge in [0.25, 0.3) is 0 Å². The van der Waals surface area contributed by atoms with Crippen LogP contribution in [-0.2, 0) is 4.74 Å². The van der Waals surface area contributed by atoms with Crippen LogP contribution in [0.4, 0.5) is 5.69 Å². The minimum Gasteiger partial charge on any atom is -0.378 e. The molecule has 0 bridgehead atoms. The first kappa shape index (κ1) is 16.7. The summed E-state index contributed by atoms with van der Waals surface area (Å²) in [6.07, 6.45) is 3.38. The first-order valence-corrected chi connectivity index (χ1v) is 8.93. The van der Waals surface area contributed by atoms with E-state index < -0.39 is 0 Å². The molecular formula is C21H26N2O. The molecule has 1 fully saturated rings. The molecule has 0 unspecified atom stereocenters. The number of morpholine rings is 1. The standard InChI is InChI=1S/C21H26N2O/c1-2-3-13-21(23-14-16-24-17-15-23)22-20-12-8-7-11-19(20)18-9-5-4-6-10-18/h4-12H,2-3,13-17H2,1H3. The van der Waals surface area contributed by atoms with Gasteiger partial charge in [0.05, 0.1) is 18.9 Å². The largest absolute Gasteiger partial charge is 0.378 e. The Morgan fingerprint density at radius 1 is 1.00 bits per heavy atom. The predicted molar refractivity (Wildman–Crippen MR) is 101 cm³/mol. The summed E-state index contributed by atoms with van der Waals surface area (Å²) in [5.74, 6) is 1.20. The first-order valence-electron chi connectivity index (χ1n) is 8.93. The Hall–Kier alpha value is -2.13. The zero-order chi connectivity index (χ0) is 16.6. The maximum atomic E-state index is 5.50. The lowest BCUT2D eigenvalue weighted by Crippen LogP contribution is -2.40. The van der Waals surface area contributed by atoms with Gasteiger partial charge in [0.1, 0.15) is 5.84 Å². The summed E-state index contributed by atoms with van der Waals surface area (Å²) >= 11 is 0. The third-order valence-electron chi connectivity index (χ3n) is 4.37. The van der Waals surface area contributed by atoms with Crippen molar-refractivity contribution in [1.82, 2.24) is 4.90 Å². The molecule has 24 heavy (non-hydrogen) atoms. The average Bonchev–Trinajstić information content (AvgIpc) is 2.67. The Morgan fingerprint density at radius 2 is 1.71 bits per heavy atom. The maximum Gasteiger partial charge on any atom is 0.105 e. The van der Waals surface area contributed by atoms with E-state index in [1.807, 2.05) is 0 Å². The highest BCUT2D eigenvalue weighted by atomic mass is 16.5. The SMILES string of the molecule is CCCCC(=Nc1ccccc1-c1ccccc1)N1CCOCC1. The van der Waals surface area contributed by atoms with Gasteiger partial charge in [0.2, 0.25) is 0 Å². The minimum atomic E-state index is 0.797. The molecule has 3 rings (SSSR count). The van der Waals surface area contributed by atoms with Crippen LogP contribution >= 0.6 is 0 Å². The lowest BCUT2D eigenvalue weighted by atomic mass is 10.0. The van der Waals surface area contributed by atoms with Crippen LogP contribution in [0, 0.1) is 0 Å². The lowest BCUT2D eigenvalue weighted by Gasteiger charge is -2.30. The Labute approximate surface area is 145 Å². The zero-order valence-electron chi connectivity index (χ0n) is 14.4. The van der Waals surface area contributed by atoms with E-state index >= 15 is 0 Å². The van der Waals surface area contributed by atoms with Crippen molar-refractivity contribution in [2.45, 2.75) is 26.2 Å². The predicted octanol–water partition coefficient (Wildman–Crippen LogP) is 4.91. The van der Waals surface area contributed by atoms with E-state index in [0.29, 0.717) is 0 Å². The van der Waals surface area contributed by atoms with Gasteiger partial charge in [-0.3, -0.25) is 0 Å². The van der Waals surface area contributed by atoms with Crippen molar-refractivity contribution in [3.8, 4) is 11.1 Å². The number of nitrogens with zero attached hydrogens (tertiary/aromatic N) is 2. The van der Waals surface area contributed by atoms with Gasteiger partial charge >= 0.3 is 0 Å². The summed E-state index contributed by atoms with van der Waals surface area (Å²) in [6, 6.07) is 18.9. The van der Waals surface area contributed by atoms with Crippen molar-refractivity contribution < 1.29 is 4.74 Å². The number of hydrogen-bond donors (Lipinski definition) is 0. The van der Waals surface area contributed by atoms with Crippen molar-refractivity contribution in [2.75, 3.05) is 26.3 Å². The molecule has 0 saturated carbocycles. The van der Waals surface area contributed by atoms with E-state index in [2.05, 4.69) is 66.4 Å². The number of ether oxygens (including phenoxy) is 1. The number of hydrogen-bond acceptors (Lipinski definition) is 2. The highest BCUT2D eigenvalue weighted by molar-refractivity contribution is 5.88. The van der Waals surface area contributed by atoms with E-state index in [0.717, 1.165) is 38.4 Å². The molecule has 2 aromatic carbocycles. The Bertz CT molecular complexity index is 661. The quantitative estimate of drug-likeness (QED) is 0.577. The van der Waals surface area contributed by atoms with Crippen LogP contribution in [0.2, 0.25) is 0 Å².